The van der Waals surface area contributed by atoms with Crippen molar-refractivity contribution in [1.29, 1.82) is 0 Å². The molecule has 0 radical (unpaired) electrons. The van der Waals surface area contributed by atoms with Crippen LogP contribution in [0.1, 0.15) is 35.2 Å². The molecule has 2 aliphatic rings. The summed E-state index contributed by atoms with van der Waals surface area (Å²) in [5, 5.41) is 10.4. The fourth-order valence-corrected chi connectivity index (χ4v) is 6.09. The van der Waals surface area contributed by atoms with Crippen LogP contribution in [0.2, 0.25) is 0 Å². The van der Waals surface area contributed by atoms with E-state index in [1.165, 1.54) is 11.3 Å². The van der Waals surface area contributed by atoms with E-state index in [4.69, 9.17) is 5.73 Å². The maximum Gasteiger partial charge on any atom is 0.327 e. The molecule has 3 heterocycles. The van der Waals surface area contributed by atoms with Gasteiger partial charge in [0.2, 0.25) is 5.91 Å². The van der Waals surface area contributed by atoms with Crippen LogP contribution in [-0.4, -0.2) is 49.7 Å². The van der Waals surface area contributed by atoms with Gasteiger partial charge in [-0.2, -0.15) is 0 Å². The third-order valence-electron chi connectivity index (χ3n) is 4.67. The quantitative estimate of drug-likeness (QED) is 0.518. The number of hydrogen-bond donors (Lipinski definition) is 3. The Morgan fingerprint density at radius 1 is 1.42 bits per heavy atom. The summed E-state index contributed by atoms with van der Waals surface area (Å²) in [7, 11) is 0. The third kappa shape index (κ3) is 2.62. The molecule has 2 fully saturated rings. The van der Waals surface area contributed by atoms with Gasteiger partial charge in [0.25, 0.3) is 11.7 Å². The Labute approximate surface area is 158 Å². The number of hydrogen-bond acceptors (Lipinski definition) is 6. The van der Waals surface area contributed by atoms with Gasteiger partial charge >= 0.3 is 5.97 Å². The molecule has 0 spiro atoms. The SMILES string of the molecule is Cc1cc(C)c(C(N)C(=O)NC2(F)C(=O)N3[C@@H](C(=O)O)C(C)(C)S[C@@H]32)s1. The number of aliphatic carboxylic acids is 1. The van der Waals surface area contributed by atoms with Crippen molar-refractivity contribution in [1.82, 2.24) is 10.2 Å². The number of fused-ring (bicyclic) bond motifs is 1. The van der Waals surface area contributed by atoms with E-state index in [1.54, 1.807) is 20.8 Å². The Kier molecular flexibility index (Phi) is 4.36. The molecule has 2 amide bonds. The van der Waals surface area contributed by atoms with Gasteiger partial charge in [0.1, 0.15) is 17.5 Å². The lowest BCUT2D eigenvalue weighted by Gasteiger charge is -2.47. The number of nitrogens with two attached hydrogens (primary N) is 1. The van der Waals surface area contributed by atoms with Crippen molar-refractivity contribution < 1.29 is 23.9 Å². The predicted octanol–water partition coefficient (Wildman–Crippen LogP) is 1.29. The number of carbonyl (C=O) groups is 3. The first-order chi connectivity index (χ1) is 11.9. The Hall–Kier alpha value is -1.65. The first-order valence-corrected chi connectivity index (χ1v) is 9.66. The lowest BCUT2D eigenvalue weighted by atomic mass is 9.94. The Balaban J connectivity index is 1.80. The van der Waals surface area contributed by atoms with Crippen molar-refractivity contribution in [3.63, 3.8) is 0 Å². The van der Waals surface area contributed by atoms with E-state index in [9.17, 15) is 19.5 Å². The van der Waals surface area contributed by atoms with Crippen LogP contribution in [0.4, 0.5) is 4.39 Å². The molecule has 2 aliphatic heterocycles. The third-order valence-corrected chi connectivity index (χ3v) is 7.52. The lowest BCUT2D eigenvalue weighted by Crippen LogP contribution is -2.77. The van der Waals surface area contributed by atoms with Gasteiger partial charge in [0, 0.05) is 14.5 Å². The van der Waals surface area contributed by atoms with Gasteiger partial charge in [-0.3, -0.25) is 9.59 Å². The Morgan fingerprint density at radius 2 is 2.04 bits per heavy atom. The zero-order valence-electron chi connectivity index (χ0n) is 14.7. The van der Waals surface area contributed by atoms with Gasteiger partial charge in [-0.1, -0.05) is 0 Å². The number of rotatable bonds is 4. The molecule has 0 bridgehead atoms. The van der Waals surface area contributed by atoms with E-state index in [1.807, 2.05) is 13.0 Å². The van der Waals surface area contributed by atoms with Gasteiger partial charge in [-0.05, 0) is 39.3 Å². The zero-order valence-corrected chi connectivity index (χ0v) is 16.3. The van der Waals surface area contributed by atoms with Gasteiger partial charge < -0.3 is 21.1 Å². The summed E-state index contributed by atoms with van der Waals surface area (Å²) in [5.74, 6) is -5.70. The molecule has 4 N–H and O–H groups in total. The number of aryl methyl sites for hydroxylation is 2. The number of halogens is 1. The summed E-state index contributed by atoms with van der Waals surface area (Å²) >= 11 is 2.36. The smallest absolute Gasteiger partial charge is 0.327 e. The molecule has 26 heavy (non-hydrogen) atoms. The molecule has 0 aromatic carbocycles. The van der Waals surface area contributed by atoms with Gasteiger partial charge in [0.15, 0.2) is 0 Å². The van der Waals surface area contributed by atoms with Crippen molar-refractivity contribution in [3.05, 3.63) is 21.4 Å². The number of carbonyl (C=O) groups excluding carboxylic acids is 2. The van der Waals surface area contributed by atoms with Gasteiger partial charge in [-0.15, -0.1) is 23.1 Å². The monoisotopic (exact) mass is 401 g/mol. The van der Waals surface area contributed by atoms with Crippen molar-refractivity contribution in [2.45, 2.75) is 55.7 Å². The highest BCUT2D eigenvalue weighted by atomic mass is 32.2. The zero-order chi connectivity index (χ0) is 19.6. The van der Waals surface area contributed by atoms with Crippen LogP contribution < -0.4 is 11.1 Å². The summed E-state index contributed by atoms with van der Waals surface area (Å²) in [6.07, 6.45) is 0. The highest BCUT2D eigenvalue weighted by Gasteiger charge is 2.73. The maximum atomic E-state index is 15.3. The second kappa shape index (κ2) is 5.93. The van der Waals surface area contributed by atoms with Gasteiger partial charge in [0.05, 0.1) is 0 Å². The molecule has 2 saturated heterocycles. The molecule has 142 valence electrons. The highest BCUT2D eigenvalue weighted by molar-refractivity contribution is 8.01. The number of thioether (sulfide) groups is 1. The average Bonchev–Trinajstić information content (AvgIpc) is 3.00. The number of carboxylic acid groups (broad SMARTS) is 1. The van der Waals surface area contributed by atoms with Crippen LogP contribution in [0.5, 0.6) is 0 Å². The van der Waals surface area contributed by atoms with E-state index in [-0.39, 0.29) is 0 Å². The minimum absolute atomic E-state index is 0.607. The first-order valence-electron chi connectivity index (χ1n) is 7.97. The van der Waals surface area contributed by atoms with Crippen LogP contribution in [0.3, 0.4) is 0 Å². The molecule has 1 aromatic heterocycles. The fourth-order valence-electron chi connectivity index (χ4n) is 3.48. The number of nitrogens with one attached hydrogen (secondary N) is 1. The molecule has 0 aliphatic carbocycles. The highest BCUT2D eigenvalue weighted by Crippen LogP contribution is 2.55. The van der Waals surface area contributed by atoms with E-state index >= 15 is 4.39 Å². The Morgan fingerprint density at radius 3 is 2.54 bits per heavy atom. The molecule has 3 rings (SSSR count). The number of alkyl halides is 1. The summed E-state index contributed by atoms with van der Waals surface area (Å²) < 4.78 is 14.4. The average molecular weight is 401 g/mol. The van der Waals surface area contributed by atoms with Gasteiger partial charge in [-0.25, -0.2) is 9.18 Å². The van der Waals surface area contributed by atoms with Crippen molar-refractivity contribution >= 4 is 40.9 Å². The Bertz CT molecular complexity index is 811. The summed E-state index contributed by atoms with van der Waals surface area (Å²) in [5.41, 5.74) is 6.78. The van der Waals surface area contributed by atoms with E-state index in [0.717, 1.165) is 27.1 Å². The number of thiophene rings is 1. The normalized spacial score (nSPS) is 30.5. The molecule has 10 heteroatoms. The molecule has 4 atom stereocenters. The number of amides is 2. The van der Waals surface area contributed by atoms with Crippen LogP contribution in [0.25, 0.3) is 0 Å². The molecule has 7 nitrogen and oxygen atoms in total. The van der Waals surface area contributed by atoms with Crippen molar-refractivity contribution in [3.8, 4) is 0 Å². The largest absolute Gasteiger partial charge is 0.480 e. The van der Waals surface area contributed by atoms with Crippen LogP contribution >= 0.6 is 23.1 Å². The topological polar surface area (TPSA) is 113 Å². The number of β-lactam (4-membered cyclic amide) rings is 1. The summed E-state index contributed by atoms with van der Waals surface area (Å²) in [6.45, 7) is 6.95. The molecule has 0 saturated carbocycles. The summed E-state index contributed by atoms with van der Waals surface area (Å²) in [4.78, 5) is 38.9. The predicted molar refractivity (Wildman–Crippen MR) is 96.4 cm³/mol. The maximum absolute atomic E-state index is 15.3. The minimum Gasteiger partial charge on any atom is -0.480 e. The molecule has 2 unspecified atom stereocenters. The standard InChI is InChI=1S/C16H20FN3O4S2/c1-6-5-7(2)25-9(6)8(18)11(21)19-16(17)13(24)20-10(12(22)23)15(3,4)26-14(16)20/h5,8,10,14H,18H2,1-4H3,(H,19,21)(H,22,23)/t8?,10-,14+,16?/m0/s1. The molecule has 1 aromatic rings. The van der Waals surface area contributed by atoms with Crippen molar-refractivity contribution in [2.24, 2.45) is 5.73 Å². The number of carboxylic acids is 1. The number of nitrogens with zero attached hydrogens (tertiary/aromatic N) is 1. The lowest BCUT2D eigenvalue weighted by molar-refractivity contribution is -0.182. The van der Waals surface area contributed by atoms with Crippen LogP contribution in [-0.2, 0) is 14.4 Å². The van der Waals surface area contributed by atoms with E-state index in [0.29, 0.717) is 4.88 Å². The second-order valence-electron chi connectivity index (χ2n) is 7.11. The minimum atomic E-state index is -2.65. The fraction of sp³-hybridized carbons (Fsp3) is 0.562. The molecular weight excluding hydrogens is 381 g/mol. The molecular formula is C16H20FN3O4S2. The van der Waals surface area contributed by atoms with Crippen molar-refractivity contribution in [2.75, 3.05) is 0 Å². The van der Waals surface area contributed by atoms with Crippen LogP contribution in [0, 0.1) is 13.8 Å². The first kappa shape index (κ1) is 19.1. The van der Waals surface area contributed by atoms with E-state index < -0.39 is 45.8 Å². The second-order valence-corrected chi connectivity index (χ2v) is 10.1. The summed E-state index contributed by atoms with van der Waals surface area (Å²) in [6, 6.07) is -0.374. The van der Waals surface area contributed by atoms with E-state index in [2.05, 4.69) is 5.32 Å². The van der Waals surface area contributed by atoms with Crippen LogP contribution in [0.15, 0.2) is 6.07 Å².